The van der Waals surface area contributed by atoms with E-state index in [4.69, 9.17) is 42.7 Å². The predicted octanol–water partition coefficient (Wildman–Crippen LogP) is 8.40. The molecule has 9 rings (SSSR count). The first kappa shape index (κ1) is 22.3. The van der Waals surface area contributed by atoms with Gasteiger partial charge in [-0.3, -0.25) is 0 Å². The molecule has 0 amide bonds. The second-order valence-corrected chi connectivity index (χ2v) is 11.0. The summed E-state index contributed by atoms with van der Waals surface area (Å²) in [6.07, 6.45) is 0. The van der Waals surface area contributed by atoms with Crippen LogP contribution in [0.3, 0.4) is 0 Å². The van der Waals surface area contributed by atoms with Crippen LogP contribution in [0.4, 0.5) is 11.4 Å². The molecule has 8 heteroatoms. The van der Waals surface area contributed by atoms with E-state index in [2.05, 4.69) is 39.5 Å². The van der Waals surface area contributed by atoms with Gasteiger partial charge in [-0.25, -0.2) is 9.98 Å². The van der Waals surface area contributed by atoms with Gasteiger partial charge in [-0.2, -0.15) is 0 Å². The van der Waals surface area contributed by atoms with Gasteiger partial charge in [0.15, 0.2) is 23.0 Å². The second-order valence-electron chi connectivity index (χ2n) is 10.2. The Labute approximate surface area is 236 Å². The van der Waals surface area contributed by atoms with E-state index in [9.17, 15) is 0 Å². The second kappa shape index (κ2) is 7.56. The Morgan fingerprint density at radius 2 is 1.20 bits per heavy atom. The van der Waals surface area contributed by atoms with Gasteiger partial charge >= 0.3 is 0 Å². The molecule has 4 heterocycles. The van der Waals surface area contributed by atoms with Crippen molar-refractivity contribution in [2.24, 2.45) is 24.1 Å². The van der Waals surface area contributed by atoms with Gasteiger partial charge in [0.25, 0.3) is 0 Å². The van der Waals surface area contributed by atoms with E-state index in [1.54, 1.807) is 0 Å². The molecule has 0 fully saturated rings. The molecule has 0 aliphatic carbocycles. The Hall–Kier alpha value is -4.52. The summed E-state index contributed by atoms with van der Waals surface area (Å²) in [5.41, 5.74) is 5.68. The minimum atomic E-state index is 0.310. The summed E-state index contributed by atoms with van der Waals surface area (Å²) in [5.74, 6) is 2.01. The topological polar surface area (TPSA) is 53.0 Å². The van der Waals surface area contributed by atoms with Crippen LogP contribution in [0, 0.1) is 0 Å². The van der Waals surface area contributed by atoms with E-state index in [-0.39, 0.29) is 0 Å². The van der Waals surface area contributed by atoms with Crippen LogP contribution in [0.15, 0.2) is 82.8 Å². The van der Waals surface area contributed by atoms with Crippen molar-refractivity contribution in [3.8, 4) is 23.0 Å². The summed E-state index contributed by atoms with van der Waals surface area (Å²) >= 11 is 14.0. The summed E-state index contributed by atoms with van der Waals surface area (Å²) in [4.78, 5) is 9.86. The minimum absolute atomic E-state index is 0.310. The molecule has 0 saturated heterocycles. The highest BCUT2D eigenvalue weighted by Crippen LogP contribution is 2.48. The maximum absolute atomic E-state index is 7.01. The average Bonchev–Trinajstić information content (AvgIpc) is 3.44. The number of fused-ring (bicyclic) bond motifs is 11. The molecule has 0 atom stereocenters. The summed E-state index contributed by atoms with van der Waals surface area (Å²) in [6, 6.07) is 24.6. The highest BCUT2D eigenvalue weighted by molar-refractivity contribution is 6.35. The number of aromatic nitrogens is 2. The van der Waals surface area contributed by atoms with E-state index in [0.717, 1.165) is 43.6 Å². The van der Waals surface area contributed by atoms with Gasteiger partial charge in [-0.05, 0) is 30.3 Å². The molecular formula is C32H18Cl2N4O2. The number of ether oxygens (including phenoxy) is 2. The molecule has 7 aromatic rings. The Morgan fingerprint density at radius 3 is 1.98 bits per heavy atom. The number of hydrogen-bond donors (Lipinski definition) is 0. The van der Waals surface area contributed by atoms with Gasteiger partial charge in [0.05, 0.1) is 16.4 Å². The average molecular weight is 561 g/mol. The normalized spacial score (nSPS) is 13.3. The van der Waals surface area contributed by atoms with Crippen LogP contribution in [-0.4, -0.2) is 9.13 Å². The lowest BCUT2D eigenvalue weighted by Crippen LogP contribution is -2.22. The zero-order valence-electron chi connectivity index (χ0n) is 21.3. The third-order valence-corrected chi connectivity index (χ3v) is 8.83. The fraction of sp³-hybridized carbons (Fsp3) is 0.0625. The van der Waals surface area contributed by atoms with E-state index in [0.29, 0.717) is 55.1 Å². The minimum Gasteiger partial charge on any atom is -0.451 e. The van der Waals surface area contributed by atoms with Crippen LogP contribution < -0.4 is 20.2 Å². The highest BCUT2D eigenvalue weighted by atomic mass is 35.5. The molecule has 2 aromatic heterocycles. The van der Waals surface area contributed by atoms with Gasteiger partial charge in [0.2, 0.25) is 0 Å². The smallest absolute Gasteiger partial charge is 0.175 e. The van der Waals surface area contributed by atoms with E-state index < -0.39 is 0 Å². The fourth-order valence-electron chi connectivity index (χ4n) is 6.20. The summed E-state index contributed by atoms with van der Waals surface area (Å²) in [5, 5.41) is 5.78. The predicted molar refractivity (Wildman–Crippen MR) is 159 cm³/mol. The van der Waals surface area contributed by atoms with Crippen molar-refractivity contribution in [3.05, 3.63) is 93.6 Å². The number of para-hydroxylation sites is 2. The first-order valence-electron chi connectivity index (χ1n) is 12.8. The monoisotopic (exact) mass is 560 g/mol. The Bertz CT molecular complexity index is 2440. The number of halogens is 2. The SMILES string of the molecule is Cn1c2ccccc2c2cc3c(cc21)Oc1c(Cl)c2c(c(Cl)c1=N3)Oc1c(ccc3c1c1ccccc1n3C)N=2. The molecule has 0 spiro atoms. The fourth-order valence-corrected chi connectivity index (χ4v) is 6.72. The van der Waals surface area contributed by atoms with Crippen LogP contribution >= 0.6 is 23.2 Å². The lowest BCUT2D eigenvalue weighted by molar-refractivity contribution is 0.454. The van der Waals surface area contributed by atoms with Crippen LogP contribution in [0.25, 0.3) is 43.6 Å². The van der Waals surface area contributed by atoms with Gasteiger partial charge in [0.1, 0.15) is 32.1 Å². The standard InChI is InChI=1S/C32H18Cl2N4O2/c1-37-21-10-6-4-8-16(21)25-22(37)12-11-18-30(25)40-32-27(34)28-31(26(33)29(32)35-18)39-24-14-23-17(13-19(24)36-28)15-7-3-5-9-20(15)38(23)2/h3-14H,1-2H3. The molecule has 5 aromatic carbocycles. The number of nitrogens with zero attached hydrogens (tertiary/aromatic N) is 4. The molecule has 2 aliphatic rings. The first-order valence-corrected chi connectivity index (χ1v) is 13.6. The molecule has 0 unspecified atom stereocenters. The quantitative estimate of drug-likeness (QED) is 0.187. The van der Waals surface area contributed by atoms with Crippen molar-refractivity contribution in [2.75, 3.05) is 0 Å². The molecule has 0 bridgehead atoms. The van der Waals surface area contributed by atoms with Gasteiger partial charge in [0, 0.05) is 47.4 Å². The van der Waals surface area contributed by atoms with Crippen LogP contribution in [-0.2, 0) is 14.1 Å². The Morgan fingerprint density at radius 1 is 0.575 bits per heavy atom. The molecule has 0 radical (unpaired) electrons. The maximum atomic E-state index is 7.01. The Kier molecular flexibility index (Phi) is 4.22. The van der Waals surface area contributed by atoms with Gasteiger partial charge in [-0.1, -0.05) is 59.6 Å². The lowest BCUT2D eigenvalue weighted by atomic mass is 10.1. The zero-order valence-corrected chi connectivity index (χ0v) is 22.8. The van der Waals surface area contributed by atoms with Crippen molar-refractivity contribution in [2.45, 2.75) is 0 Å². The van der Waals surface area contributed by atoms with Crippen LogP contribution in [0.1, 0.15) is 0 Å². The molecule has 0 saturated carbocycles. The van der Waals surface area contributed by atoms with Crippen LogP contribution in [0.2, 0.25) is 10.0 Å². The largest absolute Gasteiger partial charge is 0.451 e. The van der Waals surface area contributed by atoms with E-state index >= 15 is 0 Å². The van der Waals surface area contributed by atoms with Gasteiger partial charge < -0.3 is 18.6 Å². The molecule has 6 nitrogen and oxygen atoms in total. The van der Waals surface area contributed by atoms with E-state index in [1.165, 1.54) is 0 Å². The number of rotatable bonds is 0. The lowest BCUT2D eigenvalue weighted by Gasteiger charge is -2.21. The molecule has 2 aliphatic heterocycles. The molecule has 40 heavy (non-hydrogen) atoms. The Balaban J connectivity index is 1.31. The first-order chi connectivity index (χ1) is 19.5. The van der Waals surface area contributed by atoms with Crippen molar-refractivity contribution in [1.82, 2.24) is 9.13 Å². The number of aryl methyl sites for hydroxylation is 2. The molecule has 192 valence electrons. The molecular weight excluding hydrogens is 543 g/mol. The highest BCUT2D eigenvalue weighted by Gasteiger charge is 2.29. The number of hydrogen-bond acceptors (Lipinski definition) is 4. The number of benzene rings is 5. The summed E-state index contributed by atoms with van der Waals surface area (Å²) in [6.45, 7) is 0. The third kappa shape index (κ3) is 2.69. The maximum Gasteiger partial charge on any atom is 0.175 e. The summed E-state index contributed by atoms with van der Waals surface area (Å²) in [7, 11) is 4.09. The van der Waals surface area contributed by atoms with Crippen LogP contribution in [0.5, 0.6) is 23.0 Å². The van der Waals surface area contributed by atoms with Crippen molar-refractivity contribution < 1.29 is 9.47 Å². The summed E-state index contributed by atoms with van der Waals surface area (Å²) < 4.78 is 17.3. The van der Waals surface area contributed by atoms with E-state index in [1.807, 2.05) is 56.6 Å². The third-order valence-electron chi connectivity index (χ3n) is 8.13. The zero-order chi connectivity index (χ0) is 26.9. The van der Waals surface area contributed by atoms with Crippen molar-refractivity contribution in [3.63, 3.8) is 0 Å². The van der Waals surface area contributed by atoms with Crippen molar-refractivity contribution >= 4 is 78.2 Å². The van der Waals surface area contributed by atoms with Crippen molar-refractivity contribution in [1.29, 1.82) is 0 Å². The van der Waals surface area contributed by atoms with Gasteiger partial charge in [-0.15, -0.1) is 0 Å². The molecule has 0 N–H and O–H groups in total.